The maximum Gasteiger partial charge on any atom is 0.351 e. The van der Waals surface area contributed by atoms with Gasteiger partial charge < -0.3 is 18.9 Å². The van der Waals surface area contributed by atoms with Crippen LogP contribution in [0, 0.1) is 0 Å². The molecule has 0 aliphatic carbocycles. The summed E-state index contributed by atoms with van der Waals surface area (Å²) in [6.07, 6.45) is 5.52. The number of benzene rings is 2. The minimum Gasteiger partial charge on any atom is -0.496 e. The Hall–Kier alpha value is -3.80. The fourth-order valence-corrected chi connectivity index (χ4v) is 2.73. The predicted molar refractivity (Wildman–Crippen MR) is 111 cm³/mol. The molecule has 1 aromatic heterocycles. The number of carbonyl (C=O) groups excluding carboxylic acids is 1. The van der Waals surface area contributed by atoms with Crippen molar-refractivity contribution in [1.29, 1.82) is 0 Å². The van der Waals surface area contributed by atoms with Crippen molar-refractivity contribution in [2.24, 2.45) is 0 Å². The van der Waals surface area contributed by atoms with Crippen molar-refractivity contribution < 1.29 is 23.7 Å². The lowest BCUT2D eigenvalue weighted by atomic mass is 10.1. The Bertz CT molecular complexity index is 993. The van der Waals surface area contributed by atoms with E-state index in [4.69, 9.17) is 18.9 Å². The molecule has 0 aliphatic heterocycles. The molecule has 0 unspecified atom stereocenters. The van der Waals surface area contributed by atoms with Gasteiger partial charge in [-0.2, -0.15) is 0 Å². The number of esters is 1. The quantitative estimate of drug-likeness (QED) is 0.436. The van der Waals surface area contributed by atoms with Crippen LogP contribution in [0.5, 0.6) is 23.0 Å². The molecule has 0 spiro atoms. The molecule has 0 amide bonds. The third kappa shape index (κ3) is 4.73. The average Bonchev–Trinajstić information content (AvgIpc) is 2.78. The van der Waals surface area contributed by atoms with Gasteiger partial charge >= 0.3 is 5.97 Å². The highest BCUT2D eigenvalue weighted by Gasteiger charge is 2.21. The van der Waals surface area contributed by atoms with Crippen molar-refractivity contribution in [3.05, 3.63) is 77.6 Å². The summed E-state index contributed by atoms with van der Waals surface area (Å²) in [6.45, 7) is 0. The Kier molecular flexibility index (Phi) is 6.47. The van der Waals surface area contributed by atoms with Crippen LogP contribution in [0.1, 0.15) is 21.6 Å². The van der Waals surface area contributed by atoms with Crippen LogP contribution in [0.2, 0.25) is 0 Å². The number of pyridine rings is 1. The molecule has 148 valence electrons. The van der Waals surface area contributed by atoms with Crippen LogP contribution in [-0.2, 0) is 0 Å². The fourth-order valence-electron chi connectivity index (χ4n) is 2.73. The second kappa shape index (κ2) is 9.41. The molecule has 6 heteroatoms. The van der Waals surface area contributed by atoms with E-state index in [9.17, 15) is 4.79 Å². The zero-order valence-electron chi connectivity index (χ0n) is 16.4. The molecule has 0 radical (unpaired) electrons. The molecular weight excluding hydrogens is 370 g/mol. The van der Waals surface area contributed by atoms with Gasteiger partial charge in [-0.25, -0.2) is 4.79 Å². The number of methoxy groups -OCH3 is 3. The Morgan fingerprint density at radius 1 is 0.793 bits per heavy atom. The van der Waals surface area contributed by atoms with Gasteiger partial charge in [0, 0.05) is 6.20 Å². The summed E-state index contributed by atoms with van der Waals surface area (Å²) in [5.41, 5.74) is 1.92. The lowest BCUT2D eigenvalue weighted by Crippen LogP contribution is -2.12. The van der Waals surface area contributed by atoms with E-state index < -0.39 is 5.97 Å². The van der Waals surface area contributed by atoms with Crippen molar-refractivity contribution in [1.82, 2.24) is 4.98 Å². The molecule has 1 heterocycles. The van der Waals surface area contributed by atoms with E-state index in [2.05, 4.69) is 4.98 Å². The van der Waals surface area contributed by atoms with Crippen molar-refractivity contribution in [2.75, 3.05) is 21.3 Å². The summed E-state index contributed by atoms with van der Waals surface area (Å²) >= 11 is 0. The second-order valence-electron chi connectivity index (χ2n) is 5.93. The molecule has 6 nitrogen and oxygen atoms in total. The van der Waals surface area contributed by atoms with E-state index in [-0.39, 0.29) is 5.56 Å². The summed E-state index contributed by atoms with van der Waals surface area (Å²) in [6, 6.07) is 16.0. The van der Waals surface area contributed by atoms with Crippen LogP contribution < -0.4 is 18.9 Å². The predicted octanol–water partition coefficient (Wildman–Crippen LogP) is 4.50. The van der Waals surface area contributed by atoms with Crippen LogP contribution in [0.3, 0.4) is 0 Å². The van der Waals surface area contributed by atoms with Gasteiger partial charge in [0.2, 0.25) is 0 Å². The molecular formula is C23H21NO5. The Labute approximate surface area is 169 Å². The first-order valence-corrected chi connectivity index (χ1v) is 8.86. The minimum absolute atomic E-state index is 0.207. The molecule has 3 rings (SSSR count). The van der Waals surface area contributed by atoms with Gasteiger partial charge in [-0.3, -0.25) is 4.98 Å². The van der Waals surface area contributed by atoms with Gasteiger partial charge in [0.25, 0.3) is 0 Å². The highest BCUT2D eigenvalue weighted by Crippen LogP contribution is 2.33. The van der Waals surface area contributed by atoms with Crippen molar-refractivity contribution in [3.63, 3.8) is 0 Å². The van der Waals surface area contributed by atoms with Crippen LogP contribution in [-0.4, -0.2) is 32.3 Å². The number of hydrogen-bond acceptors (Lipinski definition) is 6. The summed E-state index contributed by atoms with van der Waals surface area (Å²) in [5.74, 6) is 0.844. The summed E-state index contributed by atoms with van der Waals surface area (Å²) in [7, 11) is 4.48. The maximum absolute atomic E-state index is 12.8. The SMILES string of the molecule is COc1cc(/C=C/c2ccccn2)ccc1OC(=O)c1c(OC)cccc1OC. The van der Waals surface area contributed by atoms with Crippen LogP contribution in [0.15, 0.2) is 60.8 Å². The second-order valence-corrected chi connectivity index (χ2v) is 5.93. The standard InChI is InChI=1S/C23H21NO5/c1-26-19-8-6-9-20(27-2)22(19)23(25)29-18-13-11-16(15-21(18)28-3)10-12-17-7-4-5-14-24-17/h4-15H,1-3H3/b12-10+. The number of nitrogens with zero attached hydrogens (tertiary/aromatic N) is 1. The summed E-state index contributed by atoms with van der Waals surface area (Å²) in [4.78, 5) is 17.0. The van der Waals surface area contributed by atoms with E-state index in [0.717, 1.165) is 11.3 Å². The fraction of sp³-hybridized carbons (Fsp3) is 0.130. The number of ether oxygens (including phenoxy) is 4. The average molecular weight is 391 g/mol. The van der Waals surface area contributed by atoms with E-state index in [1.54, 1.807) is 36.5 Å². The molecule has 0 saturated carbocycles. The van der Waals surface area contributed by atoms with Crippen molar-refractivity contribution >= 4 is 18.1 Å². The van der Waals surface area contributed by atoms with Crippen LogP contribution in [0.25, 0.3) is 12.2 Å². The number of aromatic nitrogens is 1. The molecule has 0 fully saturated rings. The molecule has 0 bridgehead atoms. The first kappa shape index (κ1) is 19.9. The molecule has 0 atom stereocenters. The molecule has 0 N–H and O–H groups in total. The van der Waals surface area contributed by atoms with Crippen LogP contribution >= 0.6 is 0 Å². The molecule has 3 aromatic rings. The normalized spacial score (nSPS) is 10.6. The van der Waals surface area contributed by atoms with Gasteiger partial charge in [0.15, 0.2) is 11.5 Å². The van der Waals surface area contributed by atoms with Gasteiger partial charge in [0.1, 0.15) is 17.1 Å². The molecule has 0 aliphatic rings. The van der Waals surface area contributed by atoms with Crippen molar-refractivity contribution in [3.8, 4) is 23.0 Å². The lowest BCUT2D eigenvalue weighted by molar-refractivity contribution is 0.0722. The molecule has 2 aromatic carbocycles. The third-order valence-electron chi connectivity index (χ3n) is 4.16. The van der Waals surface area contributed by atoms with E-state index in [1.807, 2.05) is 36.4 Å². The number of hydrogen-bond donors (Lipinski definition) is 0. The van der Waals surface area contributed by atoms with Crippen LogP contribution in [0.4, 0.5) is 0 Å². The number of carbonyl (C=O) groups is 1. The number of rotatable bonds is 7. The minimum atomic E-state index is -0.602. The highest BCUT2D eigenvalue weighted by molar-refractivity contribution is 5.97. The smallest absolute Gasteiger partial charge is 0.351 e. The zero-order valence-corrected chi connectivity index (χ0v) is 16.4. The van der Waals surface area contributed by atoms with Gasteiger partial charge in [0.05, 0.1) is 27.0 Å². The summed E-state index contributed by atoms with van der Waals surface area (Å²) < 4.78 is 21.5. The lowest BCUT2D eigenvalue weighted by Gasteiger charge is -2.14. The Balaban J connectivity index is 1.85. The maximum atomic E-state index is 12.8. The molecule has 29 heavy (non-hydrogen) atoms. The first-order valence-electron chi connectivity index (χ1n) is 8.86. The Morgan fingerprint density at radius 3 is 2.14 bits per heavy atom. The van der Waals surface area contributed by atoms with Gasteiger partial charge in [-0.15, -0.1) is 0 Å². The van der Waals surface area contributed by atoms with E-state index in [0.29, 0.717) is 23.0 Å². The summed E-state index contributed by atoms with van der Waals surface area (Å²) in [5, 5.41) is 0. The van der Waals surface area contributed by atoms with E-state index >= 15 is 0 Å². The topological polar surface area (TPSA) is 66.9 Å². The van der Waals surface area contributed by atoms with E-state index in [1.165, 1.54) is 21.3 Å². The monoisotopic (exact) mass is 391 g/mol. The van der Waals surface area contributed by atoms with Crippen molar-refractivity contribution in [2.45, 2.75) is 0 Å². The largest absolute Gasteiger partial charge is 0.496 e. The first-order chi connectivity index (χ1) is 14.2. The highest BCUT2D eigenvalue weighted by atomic mass is 16.6. The van der Waals surface area contributed by atoms with Gasteiger partial charge in [-0.05, 0) is 48.0 Å². The zero-order chi connectivity index (χ0) is 20.6. The van der Waals surface area contributed by atoms with Gasteiger partial charge in [-0.1, -0.05) is 24.3 Å². The molecule has 0 saturated heterocycles. The third-order valence-corrected chi connectivity index (χ3v) is 4.16. The Morgan fingerprint density at radius 2 is 1.52 bits per heavy atom.